The van der Waals surface area contributed by atoms with E-state index >= 15 is 0 Å². The second-order valence-electron chi connectivity index (χ2n) is 18.5. The summed E-state index contributed by atoms with van der Waals surface area (Å²) in [4.78, 5) is 4.65. The zero-order valence-electron chi connectivity index (χ0n) is 37.4. The summed E-state index contributed by atoms with van der Waals surface area (Å²) in [6.07, 6.45) is 0. The summed E-state index contributed by atoms with van der Waals surface area (Å²) in [7, 11) is 0. The highest BCUT2D eigenvalue weighted by Gasteiger charge is 2.35. The van der Waals surface area contributed by atoms with Gasteiger partial charge in [-0.1, -0.05) is 123 Å². The lowest BCUT2D eigenvalue weighted by atomic mass is 9.82. The van der Waals surface area contributed by atoms with E-state index in [0.29, 0.717) is 0 Å². The lowest BCUT2D eigenvalue weighted by molar-refractivity contribution is 0.660. The number of furan rings is 3. The molecule has 0 amide bonds. The summed E-state index contributed by atoms with van der Waals surface area (Å²) in [6.45, 7) is 4.66. The van der Waals surface area contributed by atoms with E-state index in [1.165, 1.54) is 22.3 Å². The quantitative estimate of drug-likeness (QED) is 0.160. The Hall–Kier alpha value is -8.80. The van der Waals surface area contributed by atoms with Crippen LogP contribution in [-0.2, 0) is 5.41 Å². The third kappa shape index (κ3) is 5.89. The minimum absolute atomic E-state index is 0.0822. The van der Waals surface area contributed by atoms with E-state index in [1.807, 2.05) is 36.4 Å². The number of nitrogens with zero attached hydrogens (tertiary/aromatic N) is 2. The fraction of sp³-hybridized carbons (Fsp3) is 0.0476. The molecule has 0 spiro atoms. The van der Waals surface area contributed by atoms with E-state index in [0.717, 1.165) is 111 Å². The Bertz CT molecular complexity index is 4130. The van der Waals surface area contributed by atoms with E-state index in [-0.39, 0.29) is 5.41 Å². The Kier molecular flexibility index (Phi) is 8.26. The summed E-state index contributed by atoms with van der Waals surface area (Å²) >= 11 is 0. The third-order valence-electron chi connectivity index (χ3n) is 14.3. The third-order valence-corrected chi connectivity index (χ3v) is 14.3. The molecule has 0 bridgehead atoms. The number of benzene rings is 10. The predicted octanol–water partition coefficient (Wildman–Crippen LogP) is 18.3. The van der Waals surface area contributed by atoms with Crippen molar-refractivity contribution in [2.24, 2.45) is 0 Å². The molecular weight excluding hydrogens is 833 g/mol. The summed E-state index contributed by atoms with van der Waals surface area (Å²) in [5.41, 5.74) is 18.9. The molecule has 1 aliphatic rings. The lowest BCUT2D eigenvalue weighted by Gasteiger charge is -2.27. The zero-order chi connectivity index (χ0) is 45.1. The Morgan fingerprint density at radius 1 is 0.279 bits per heavy atom. The van der Waals surface area contributed by atoms with Crippen LogP contribution in [0.15, 0.2) is 232 Å². The topological polar surface area (TPSA) is 45.9 Å². The van der Waals surface area contributed by atoms with Gasteiger partial charge in [0.15, 0.2) is 0 Å². The average molecular weight is 875 g/mol. The molecule has 0 fully saturated rings. The zero-order valence-corrected chi connectivity index (χ0v) is 37.4. The van der Waals surface area contributed by atoms with E-state index in [1.54, 1.807) is 0 Å². The molecule has 10 aromatic carbocycles. The molecule has 322 valence electrons. The first-order chi connectivity index (χ1) is 33.4. The molecule has 0 aliphatic heterocycles. The summed E-state index contributed by atoms with van der Waals surface area (Å²) in [5.74, 6) is 0. The van der Waals surface area contributed by atoms with Crippen LogP contribution in [0, 0.1) is 0 Å². The van der Waals surface area contributed by atoms with Crippen molar-refractivity contribution in [3.05, 3.63) is 230 Å². The maximum absolute atomic E-state index is 6.45. The molecule has 3 aromatic heterocycles. The van der Waals surface area contributed by atoms with E-state index in [2.05, 4.69) is 206 Å². The highest BCUT2D eigenvalue weighted by molar-refractivity contribution is 6.09. The fourth-order valence-electron chi connectivity index (χ4n) is 10.9. The second-order valence-corrected chi connectivity index (χ2v) is 18.5. The number of anilines is 6. The van der Waals surface area contributed by atoms with Crippen molar-refractivity contribution in [3.63, 3.8) is 0 Å². The molecule has 0 N–H and O–H groups in total. The van der Waals surface area contributed by atoms with Crippen LogP contribution in [0.5, 0.6) is 0 Å². The Morgan fingerprint density at radius 3 is 1.24 bits per heavy atom. The second kappa shape index (κ2) is 14.6. The van der Waals surface area contributed by atoms with Crippen LogP contribution in [0.3, 0.4) is 0 Å². The van der Waals surface area contributed by atoms with Crippen LogP contribution in [0.4, 0.5) is 34.1 Å². The van der Waals surface area contributed by atoms with Gasteiger partial charge in [0, 0.05) is 84.0 Å². The average Bonchev–Trinajstić information content (AvgIpc) is 4.12. The van der Waals surface area contributed by atoms with Gasteiger partial charge in [-0.3, -0.25) is 0 Å². The van der Waals surface area contributed by atoms with Crippen LogP contribution >= 0.6 is 0 Å². The van der Waals surface area contributed by atoms with Gasteiger partial charge in [-0.25, -0.2) is 0 Å². The van der Waals surface area contributed by atoms with Crippen molar-refractivity contribution < 1.29 is 13.3 Å². The summed E-state index contributed by atoms with van der Waals surface area (Å²) in [6, 6.07) is 77.8. The number of rotatable bonds is 7. The lowest BCUT2D eigenvalue weighted by Crippen LogP contribution is -2.15. The summed E-state index contributed by atoms with van der Waals surface area (Å²) in [5, 5.41) is 6.60. The highest BCUT2D eigenvalue weighted by Crippen LogP contribution is 2.51. The van der Waals surface area contributed by atoms with Crippen molar-refractivity contribution in [2.45, 2.75) is 19.3 Å². The molecule has 5 heteroatoms. The largest absolute Gasteiger partial charge is 0.456 e. The van der Waals surface area contributed by atoms with E-state index < -0.39 is 0 Å². The number of para-hydroxylation sites is 3. The molecule has 13 aromatic rings. The molecule has 14 rings (SSSR count). The Balaban J connectivity index is 0.855. The van der Waals surface area contributed by atoms with Gasteiger partial charge in [-0.05, 0) is 130 Å². The van der Waals surface area contributed by atoms with Gasteiger partial charge in [0.05, 0.1) is 0 Å². The molecule has 5 nitrogen and oxygen atoms in total. The van der Waals surface area contributed by atoms with Gasteiger partial charge >= 0.3 is 0 Å². The number of hydrogen-bond acceptors (Lipinski definition) is 5. The minimum Gasteiger partial charge on any atom is -0.456 e. The molecule has 68 heavy (non-hydrogen) atoms. The molecule has 0 atom stereocenters. The molecular formula is C63H42N2O3. The van der Waals surface area contributed by atoms with Crippen molar-refractivity contribution in [3.8, 4) is 22.3 Å². The maximum Gasteiger partial charge on any atom is 0.137 e. The van der Waals surface area contributed by atoms with E-state index in [4.69, 9.17) is 13.3 Å². The number of hydrogen-bond donors (Lipinski definition) is 0. The predicted molar refractivity (Wildman–Crippen MR) is 281 cm³/mol. The SMILES string of the molecule is CC1(C)c2ccccc2-c2cc(N(c3ccc(-c4ccc(N(c5ccc6c(c5)oc5ccccc56)c5ccc6oc7ccccc7c6c5)cc4)cc3)c3ccc4c(c3)oc3ccccc34)ccc21. The number of fused-ring (bicyclic) bond motifs is 12. The Labute approximate surface area is 392 Å². The van der Waals surface area contributed by atoms with Crippen molar-refractivity contribution >= 4 is 99.9 Å². The monoisotopic (exact) mass is 874 g/mol. The normalized spacial score (nSPS) is 13.0. The summed E-state index contributed by atoms with van der Waals surface area (Å²) < 4.78 is 19.1. The molecule has 1 aliphatic carbocycles. The molecule has 0 unspecified atom stereocenters. The molecule has 0 saturated carbocycles. The van der Waals surface area contributed by atoms with Crippen molar-refractivity contribution in [2.75, 3.05) is 9.80 Å². The smallest absolute Gasteiger partial charge is 0.137 e. The van der Waals surface area contributed by atoms with Gasteiger partial charge in [0.1, 0.15) is 33.5 Å². The van der Waals surface area contributed by atoms with Gasteiger partial charge < -0.3 is 23.1 Å². The Morgan fingerprint density at radius 2 is 0.662 bits per heavy atom. The maximum atomic E-state index is 6.45. The molecule has 3 heterocycles. The van der Waals surface area contributed by atoms with Gasteiger partial charge in [0.2, 0.25) is 0 Å². The van der Waals surface area contributed by atoms with Crippen LogP contribution in [0.2, 0.25) is 0 Å². The first-order valence-electron chi connectivity index (χ1n) is 23.2. The standard InChI is InChI=1S/C63H42N2O3/c1-63(2)55-15-7-3-11-47(55)53-35-43(29-33-56(53)63)64(45-27-31-51-48-12-4-8-16-57(48)67-61(51)37-45)41-23-19-39(20-24-41)40-21-25-42(26-22-40)65(44-30-34-60-54(36-44)50-14-6-10-18-59(50)66-60)46-28-32-52-49-13-5-9-17-58(49)68-62(52)38-46/h3-38H,1-2H3. The first kappa shape index (κ1) is 38.5. The van der Waals surface area contributed by atoms with Crippen LogP contribution < -0.4 is 9.80 Å². The van der Waals surface area contributed by atoms with Crippen LogP contribution in [0.1, 0.15) is 25.0 Å². The van der Waals surface area contributed by atoms with Gasteiger partial charge in [-0.2, -0.15) is 0 Å². The first-order valence-corrected chi connectivity index (χ1v) is 23.2. The van der Waals surface area contributed by atoms with Gasteiger partial charge in [0.25, 0.3) is 0 Å². The fourth-order valence-corrected chi connectivity index (χ4v) is 10.9. The van der Waals surface area contributed by atoms with Crippen molar-refractivity contribution in [1.29, 1.82) is 0 Å². The molecule has 0 saturated heterocycles. The van der Waals surface area contributed by atoms with E-state index in [9.17, 15) is 0 Å². The van der Waals surface area contributed by atoms with Crippen molar-refractivity contribution in [1.82, 2.24) is 0 Å². The molecule has 0 radical (unpaired) electrons. The van der Waals surface area contributed by atoms with Crippen LogP contribution in [0.25, 0.3) is 88.1 Å². The van der Waals surface area contributed by atoms with Crippen LogP contribution in [-0.4, -0.2) is 0 Å². The minimum atomic E-state index is -0.0822. The highest BCUT2D eigenvalue weighted by atomic mass is 16.3. The van der Waals surface area contributed by atoms with Gasteiger partial charge in [-0.15, -0.1) is 0 Å².